The van der Waals surface area contributed by atoms with E-state index in [0.29, 0.717) is 10.9 Å². The molecular weight excluding hydrogens is 276 g/mol. The molecule has 0 bridgehead atoms. The third-order valence-electron chi connectivity index (χ3n) is 2.68. The molecule has 1 N–H and O–H groups in total. The Morgan fingerprint density at radius 2 is 2.25 bits per heavy atom. The van der Waals surface area contributed by atoms with Crippen molar-refractivity contribution < 1.29 is 14.3 Å². The van der Waals surface area contributed by atoms with Gasteiger partial charge in [0.05, 0.1) is 0 Å². The molecule has 1 aliphatic heterocycles. The summed E-state index contributed by atoms with van der Waals surface area (Å²) in [6.45, 7) is 2.18. The van der Waals surface area contributed by atoms with Crippen LogP contribution in [0, 0.1) is 6.92 Å². The van der Waals surface area contributed by atoms with Crippen LogP contribution >= 0.6 is 11.3 Å². The van der Waals surface area contributed by atoms with Crippen LogP contribution in [0.15, 0.2) is 30.5 Å². The van der Waals surface area contributed by atoms with Crippen molar-refractivity contribution in [3.8, 4) is 11.5 Å². The Labute approximate surface area is 119 Å². The molecule has 6 heteroatoms. The highest BCUT2D eigenvalue weighted by Crippen LogP contribution is 2.32. The fourth-order valence-corrected chi connectivity index (χ4v) is 2.42. The molecule has 0 radical (unpaired) electrons. The predicted octanol–water partition coefficient (Wildman–Crippen LogP) is 2.83. The molecule has 0 unspecified atom stereocenters. The van der Waals surface area contributed by atoms with E-state index in [-0.39, 0.29) is 12.7 Å². The van der Waals surface area contributed by atoms with Gasteiger partial charge in [0.1, 0.15) is 0 Å². The van der Waals surface area contributed by atoms with Gasteiger partial charge < -0.3 is 9.47 Å². The number of anilines is 1. The van der Waals surface area contributed by atoms with Crippen molar-refractivity contribution in [3.05, 3.63) is 40.9 Å². The molecule has 0 saturated carbocycles. The fourth-order valence-electron chi connectivity index (χ4n) is 1.75. The van der Waals surface area contributed by atoms with Gasteiger partial charge in [-0.3, -0.25) is 10.1 Å². The van der Waals surface area contributed by atoms with E-state index in [9.17, 15) is 4.79 Å². The first-order chi connectivity index (χ1) is 9.70. The number of thiazole rings is 1. The Hall–Kier alpha value is -2.34. The van der Waals surface area contributed by atoms with Crippen molar-refractivity contribution in [2.24, 2.45) is 0 Å². The topological polar surface area (TPSA) is 60.5 Å². The summed E-state index contributed by atoms with van der Waals surface area (Å²) < 4.78 is 10.5. The number of carbonyl (C=O) groups is 1. The van der Waals surface area contributed by atoms with Gasteiger partial charge in [0, 0.05) is 17.2 Å². The number of aryl methyl sites for hydroxylation is 1. The summed E-state index contributed by atoms with van der Waals surface area (Å²) in [5, 5.41) is 3.31. The van der Waals surface area contributed by atoms with E-state index in [1.165, 1.54) is 17.4 Å². The van der Waals surface area contributed by atoms with Gasteiger partial charge in [0.2, 0.25) is 12.7 Å². The zero-order valence-corrected chi connectivity index (χ0v) is 11.6. The van der Waals surface area contributed by atoms with Gasteiger partial charge >= 0.3 is 0 Å². The van der Waals surface area contributed by atoms with Crippen molar-refractivity contribution in [1.82, 2.24) is 4.98 Å². The first kappa shape index (κ1) is 12.7. The SMILES string of the molecule is Cc1cnc(NC(=O)/C=C/c2ccc3c(c2)OCO3)s1. The molecular formula is C14H12N2O3S. The lowest BCUT2D eigenvalue weighted by molar-refractivity contribution is -0.111. The summed E-state index contributed by atoms with van der Waals surface area (Å²) in [7, 11) is 0. The lowest BCUT2D eigenvalue weighted by Gasteiger charge is -1.98. The Bertz CT molecular complexity index is 679. The highest BCUT2D eigenvalue weighted by Gasteiger charge is 2.12. The second kappa shape index (κ2) is 5.34. The van der Waals surface area contributed by atoms with Crippen molar-refractivity contribution in [2.45, 2.75) is 6.92 Å². The number of hydrogen-bond donors (Lipinski definition) is 1. The molecule has 5 nitrogen and oxygen atoms in total. The number of carbonyl (C=O) groups excluding carboxylic acids is 1. The maximum absolute atomic E-state index is 11.7. The second-order valence-electron chi connectivity index (χ2n) is 4.21. The molecule has 1 aliphatic rings. The molecule has 1 amide bonds. The van der Waals surface area contributed by atoms with Crippen molar-refractivity contribution in [2.75, 3.05) is 12.1 Å². The first-order valence-electron chi connectivity index (χ1n) is 6.02. The highest BCUT2D eigenvalue weighted by atomic mass is 32.1. The number of fused-ring (bicyclic) bond motifs is 1. The van der Waals surface area contributed by atoms with E-state index in [1.54, 1.807) is 12.3 Å². The normalized spacial score (nSPS) is 12.8. The molecule has 0 atom stereocenters. The molecule has 0 spiro atoms. The Kier molecular flexibility index (Phi) is 3.39. The van der Waals surface area contributed by atoms with E-state index in [2.05, 4.69) is 10.3 Å². The van der Waals surface area contributed by atoms with Crippen LogP contribution in [0.2, 0.25) is 0 Å². The van der Waals surface area contributed by atoms with E-state index in [4.69, 9.17) is 9.47 Å². The average molecular weight is 288 g/mol. The molecule has 0 saturated heterocycles. The van der Waals surface area contributed by atoms with E-state index in [1.807, 2.05) is 25.1 Å². The fraction of sp³-hybridized carbons (Fsp3) is 0.143. The lowest BCUT2D eigenvalue weighted by atomic mass is 10.2. The second-order valence-corrected chi connectivity index (χ2v) is 5.45. The van der Waals surface area contributed by atoms with Crippen molar-refractivity contribution in [1.29, 1.82) is 0 Å². The van der Waals surface area contributed by atoms with Gasteiger partial charge in [0.25, 0.3) is 0 Å². The van der Waals surface area contributed by atoms with Gasteiger partial charge in [0.15, 0.2) is 16.6 Å². The lowest BCUT2D eigenvalue weighted by Crippen LogP contribution is -2.06. The minimum absolute atomic E-state index is 0.211. The zero-order chi connectivity index (χ0) is 13.9. The molecule has 1 aromatic carbocycles. The third kappa shape index (κ3) is 2.80. The largest absolute Gasteiger partial charge is 0.454 e. The molecule has 3 rings (SSSR count). The number of nitrogens with one attached hydrogen (secondary N) is 1. The number of amides is 1. The number of ether oxygens (including phenoxy) is 2. The van der Waals surface area contributed by atoms with E-state index < -0.39 is 0 Å². The van der Waals surface area contributed by atoms with Gasteiger partial charge in [-0.1, -0.05) is 6.07 Å². The summed E-state index contributed by atoms with van der Waals surface area (Å²) in [6.07, 6.45) is 4.91. The Balaban J connectivity index is 1.66. The van der Waals surface area contributed by atoms with Crippen molar-refractivity contribution >= 4 is 28.5 Å². The maximum atomic E-state index is 11.7. The summed E-state index contributed by atoms with van der Waals surface area (Å²) in [5.41, 5.74) is 0.875. The number of aromatic nitrogens is 1. The van der Waals surface area contributed by atoms with Gasteiger partial charge in [-0.05, 0) is 30.7 Å². The summed E-state index contributed by atoms with van der Waals surface area (Å²) in [5.74, 6) is 1.21. The minimum atomic E-state index is -0.211. The minimum Gasteiger partial charge on any atom is -0.454 e. The Morgan fingerprint density at radius 3 is 3.05 bits per heavy atom. The van der Waals surface area contributed by atoms with Gasteiger partial charge in [-0.15, -0.1) is 11.3 Å². The number of rotatable bonds is 3. The zero-order valence-electron chi connectivity index (χ0n) is 10.8. The van der Waals surface area contributed by atoms with Gasteiger partial charge in [-0.25, -0.2) is 4.98 Å². The summed E-state index contributed by atoms with van der Waals surface area (Å²) in [6, 6.07) is 5.52. The van der Waals surface area contributed by atoms with Crippen LogP contribution in [0.1, 0.15) is 10.4 Å². The average Bonchev–Trinajstić information content (AvgIpc) is 3.04. The molecule has 102 valence electrons. The quantitative estimate of drug-likeness (QED) is 0.882. The van der Waals surface area contributed by atoms with Crippen LogP contribution in [0.3, 0.4) is 0 Å². The summed E-state index contributed by atoms with van der Waals surface area (Å²) >= 11 is 1.44. The predicted molar refractivity (Wildman–Crippen MR) is 77.1 cm³/mol. The Morgan fingerprint density at radius 1 is 1.40 bits per heavy atom. The first-order valence-corrected chi connectivity index (χ1v) is 6.83. The van der Waals surface area contributed by atoms with Crippen LogP contribution in [0.5, 0.6) is 11.5 Å². The highest BCUT2D eigenvalue weighted by molar-refractivity contribution is 7.15. The van der Waals surface area contributed by atoms with E-state index in [0.717, 1.165) is 16.2 Å². The summed E-state index contributed by atoms with van der Waals surface area (Å²) in [4.78, 5) is 16.9. The van der Waals surface area contributed by atoms with Crippen LogP contribution in [0.4, 0.5) is 5.13 Å². The van der Waals surface area contributed by atoms with Crippen LogP contribution in [-0.4, -0.2) is 17.7 Å². The van der Waals surface area contributed by atoms with Crippen molar-refractivity contribution in [3.63, 3.8) is 0 Å². The smallest absolute Gasteiger partial charge is 0.250 e. The van der Waals surface area contributed by atoms with Gasteiger partial charge in [-0.2, -0.15) is 0 Å². The third-order valence-corrected chi connectivity index (χ3v) is 3.50. The molecule has 2 heterocycles. The molecule has 0 fully saturated rings. The standard InChI is InChI=1S/C14H12N2O3S/c1-9-7-15-14(20-9)16-13(17)5-3-10-2-4-11-12(6-10)19-8-18-11/h2-7H,8H2,1H3,(H,15,16,17)/b5-3+. The molecule has 20 heavy (non-hydrogen) atoms. The number of benzene rings is 1. The van der Waals surface area contributed by atoms with Crippen LogP contribution in [0.25, 0.3) is 6.08 Å². The van der Waals surface area contributed by atoms with E-state index >= 15 is 0 Å². The molecule has 1 aromatic heterocycles. The van der Waals surface area contributed by atoms with Crippen LogP contribution < -0.4 is 14.8 Å². The maximum Gasteiger partial charge on any atom is 0.250 e. The van der Waals surface area contributed by atoms with Crippen LogP contribution in [-0.2, 0) is 4.79 Å². The molecule has 0 aliphatic carbocycles. The molecule has 2 aromatic rings. The number of nitrogens with zero attached hydrogens (tertiary/aromatic N) is 1. The number of hydrogen-bond acceptors (Lipinski definition) is 5. The monoisotopic (exact) mass is 288 g/mol.